The van der Waals surface area contributed by atoms with Crippen LogP contribution in [0.4, 0.5) is 10.8 Å². The van der Waals surface area contributed by atoms with E-state index in [1.54, 1.807) is 45.2 Å². The molecule has 0 fully saturated rings. The van der Waals surface area contributed by atoms with Gasteiger partial charge in [-0.1, -0.05) is 45.9 Å². The van der Waals surface area contributed by atoms with E-state index in [0.717, 1.165) is 0 Å². The number of rotatable bonds is 4. The van der Waals surface area contributed by atoms with Gasteiger partial charge in [0.1, 0.15) is 23.4 Å². The van der Waals surface area contributed by atoms with Gasteiger partial charge in [-0.25, -0.2) is 9.98 Å². The van der Waals surface area contributed by atoms with Crippen molar-refractivity contribution in [2.75, 3.05) is 12.4 Å². The monoisotopic (exact) mass is 807 g/mol. The SMILES string of the molecule is COC1C=COC2(C)Oc3c(C)c(O)c4c(O)c(c(C=Nc5nccs5)c(O)c4c3C2=O)NC(=O)C(C)=CC=CC(C)C(O)C(C)C(O)C(C)C(OC(C)=O)C1C. The molecule has 3 aliphatic rings. The summed E-state index contributed by atoms with van der Waals surface area (Å²) in [6, 6.07) is 0. The maximum atomic E-state index is 14.3. The predicted molar refractivity (Wildman–Crippen MR) is 213 cm³/mol. The summed E-state index contributed by atoms with van der Waals surface area (Å²) in [6.07, 6.45) is 6.15. The Morgan fingerprint density at radius 3 is 2.33 bits per heavy atom. The summed E-state index contributed by atoms with van der Waals surface area (Å²) in [5.74, 6) is -8.57. The van der Waals surface area contributed by atoms with E-state index in [1.165, 1.54) is 77.0 Å². The van der Waals surface area contributed by atoms with Crippen molar-refractivity contribution < 1.29 is 58.9 Å². The summed E-state index contributed by atoms with van der Waals surface area (Å²) in [7, 11) is 1.43. The summed E-state index contributed by atoms with van der Waals surface area (Å²) in [5, 5.41) is 62.0. The van der Waals surface area contributed by atoms with Crippen molar-refractivity contribution in [3.63, 3.8) is 0 Å². The number of fused-ring (bicyclic) bond motifs is 14. The number of allylic oxidation sites excluding steroid dienone is 2. The van der Waals surface area contributed by atoms with Crippen molar-refractivity contribution in [3.8, 4) is 23.0 Å². The van der Waals surface area contributed by atoms with Crippen LogP contribution in [0.1, 0.15) is 70.0 Å². The number of ketones is 1. The summed E-state index contributed by atoms with van der Waals surface area (Å²) in [4.78, 5) is 48.7. The number of nitrogens with zero attached hydrogens (tertiary/aromatic N) is 2. The van der Waals surface area contributed by atoms with Crippen LogP contribution in [-0.2, 0) is 23.8 Å². The van der Waals surface area contributed by atoms with Crippen LogP contribution in [0.25, 0.3) is 10.8 Å². The van der Waals surface area contributed by atoms with Gasteiger partial charge >= 0.3 is 11.8 Å². The van der Waals surface area contributed by atoms with Gasteiger partial charge in [0.2, 0.25) is 5.13 Å². The molecule has 4 heterocycles. The minimum absolute atomic E-state index is 0.0377. The van der Waals surface area contributed by atoms with Crippen LogP contribution in [0.15, 0.2) is 52.7 Å². The van der Waals surface area contributed by atoms with E-state index in [-0.39, 0.29) is 49.6 Å². The molecular formula is C41H49N3O12S. The Morgan fingerprint density at radius 2 is 1.70 bits per heavy atom. The topological polar surface area (TPSA) is 227 Å². The number of aromatic hydroxyl groups is 3. The zero-order valence-corrected chi connectivity index (χ0v) is 34.0. The highest BCUT2D eigenvalue weighted by molar-refractivity contribution is 7.13. The number of phenolic OH excluding ortho intramolecular Hbond substituents is 3. The van der Waals surface area contributed by atoms with Gasteiger partial charge in [0.15, 0.2) is 5.75 Å². The van der Waals surface area contributed by atoms with Crippen LogP contribution < -0.4 is 10.1 Å². The van der Waals surface area contributed by atoms with Crippen LogP contribution in [0, 0.1) is 30.6 Å². The molecule has 3 aromatic rings. The summed E-state index contributed by atoms with van der Waals surface area (Å²) in [5.41, 5.74) is -0.536. The van der Waals surface area contributed by atoms with Crippen molar-refractivity contribution in [2.45, 2.75) is 85.6 Å². The molecule has 16 heteroatoms. The average Bonchev–Trinajstić information content (AvgIpc) is 3.79. The van der Waals surface area contributed by atoms with E-state index in [4.69, 9.17) is 18.9 Å². The molecule has 5 bridgehead atoms. The van der Waals surface area contributed by atoms with Gasteiger partial charge in [-0.3, -0.25) is 14.4 Å². The first-order chi connectivity index (χ1) is 26.8. The Balaban J connectivity index is 1.72. The zero-order chi connectivity index (χ0) is 42.1. The Bertz CT molecular complexity index is 2160. The first-order valence-electron chi connectivity index (χ1n) is 18.4. The summed E-state index contributed by atoms with van der Waals surface area (Å²) >= 11 is 1.18. The molecule has 2 aromatic carbocycles. The number of nitrogens with one attached hydrogen (secondary N) is 1. The van der Waals surface area contributed by atoms with Crippen LogP contribution in [0.2, 0.25) is 0 Å². The number of methoxy groups -OCH3 is 1. The van der Waals surface area contributed by atoms with E-state index in [9.17, 15) is 39.9 Å². The van der Waals surface area contributed by atoms with Crippen LogP contribution in [-0.4, -0.2) is 91.7 Å². The van der Waals surface area contributed by atoms with Crippen molar-refractivity contribution in [1.82, 2.24) is 4.98 Å². The Labute approximate surface area is 334 Å². The fraction of sp³-hybridized carbons (Fsp3) is 0.439. The maximum Gasteiger partial charge on any atom is 0.312 e. The van der Waals surface area contributed by atoms with Crippen LogP contribution >= 0.6 is 11.3 Å². The number of aromatic nitrogens is 1. The minimum atomic E-state index is -2.06. The molecule has 0 saturated heterocycles. The molecule has 6 rings (SSSR count). The quantitative estimate of drug-likeness (QED) is 0.0775. The van der Waals surface area contributed by atoms with Gasteiger partial charge < -0.3 is 49.8 Å². The number of carbonyl (C=O) groups excluding carboxylic acids is 3. The smallest absolute Gasteiger partial charge is 0.312 e. The van der Waals surface area contributed by atoms with Crippen LogP contribution in [0.3, 0.4) is 0 Å². The van der Waals surface area contributed by atoms with Crippen molar-refractivity contribution in [1.29, 1.82) is 0 Å². The van der Waals surface area contributed by atoms with Gasteiger partial charge in [-0.05, 0) is 19.9 Å². The molecular weight excluding hydrogens is 759 g/mol. The fourth-order valence-corrected chi connectivity index (χ4v) is 7.75. The largest absolute Gasteiger partial charge is 0.507 e. The van der Waals surface area contributed by atoms with E-state index in [2.05, 4.69) is 15.3 Å². The predicted octanol–water partition coefficient (Wildman–Crippen LogP) is 5.96. The highest BCUT2D eigenvalue weighted by atomic mass is 32.1. The Hall–Kier alpha value is -5.29. The van der Waals surface area contributed by atoms with E-state index < -0.39 is 88.8 Å². The summed E-state index contributed by atoms with van der Waals surface area (Å²) in [6.45, 7) is 12.4. The molecule has 9 atom stereocenters. The van der Waals surface area contributed by atoms with Gasteiger partial charge in [0, 0.05) is 78.9 Å². The van der Waals surface area contributed by atoms with E-state index in [1.807, 2.05) is 0 Å². The second-order valence-corrected chi connectivity index (χ2v) is 15.6. The van der Waals surface area contributed by atoms with Crippen LogP contribution in [0.5, 0.6) is 23.0 Å². The molecule has 0 radical (unpaired) electrons. The molecule has 306 valence electrons. The number of amides is 1. The number of esters is 1. The molecule has 57 heavy (non-hydrogen) atoms. The number of ether oxygens (including phenoxy) is 4. The summed E-state index contributed by atoms with van der Waals surface area (Å²) < 4.78 is 23.5. The number of aliphatic hydroxyl groups excluding tert-OH is 2. The number of anilines is 1. The lowest BCUT2D eigenvalue weighted by molar-refractivity contribution is -0.160. The van der Waals surface area contributed by atoms with Gasteiger partial charge in [0.05, 0.1) is 46.8 Å². The Kier molecular flexibility index (Phi) is 12.8. The number of hydrogen-bond donors (Lipinski definition) is 6. The van der Waals surface area contributed by atoms with Gasteiger partial charge in [-0.2, -0.15) is 0 Å². The standard InChI is InChI=1S/C41H49N3O12S/c1-18-11-10-12-19(2)39(52)44-30-25(17-43-40-42-14-16-57-40)34(49)27-28(35(30)50)33(48)23(6)37-29(27)38(51)41(8,56-37)54-15-13-26(53-9)20(3)36(55-24(7)45)22(5)32(47)21(4)31(18)46/h10-18,20-22,26,31-32,36,46-50H,1-9H3,(H,44,52). The number of benzene rings is 2. The number of thiazole rings is 1. The second-order valence-electron chi connectivity index (χ2n) is 14.7. The van der Waals surface area contributed by atoms with Crippen molar-refractivity contribution in [3.05, 3.63) is 64.4 Å². The molecule has 9 unspecified atom stereocenters. The van der Waals surface area contributed by atoms with Crippen molar-refractivity contribution in [2.24, 2.45) is 28.7 Å². The van der Waals surface area contributed by atoms with E-state index in [0.29, 0.717) is 0 Å². The van der Waals surface area contributed by atoms with Gasteiger partial charge in [-0.15, -0.1) is 11.3 Å². The van der Waals surface area contributed by atoms with Gasteiger partial charge in [0.25, 0.3) is 11.7 Å². The molecule has 6 N–H and O–H groups in total. The highest BCUT2D eigenvalue weighted by Crippen LogP contribution is 2.55. The molecule has 1 amide bonds. The third-order valence-corrected chi connectivity index (χ3v) is 11.4. The third-order valence-electron chi connectivity index (χ3n) is 10.8. The lowest BCUT2D eigenvalue weighted by Crippen LogP contribution is -2.46. The van der Waals surface area contributed by atoms with Crippen molar-refractivity contribution >= 4 is 56.8 Å². The number of carbonyl (C=O) groups is 3. The normalized spacial score (nSPS) is 28.7. The number of Topliss-reactive ketones (excluding diaryl/α,β-unsaturated/α-hetero) is 1. The first-order valence-corrected chi connectivity index (χ1v) is 19.2. The molecule has 15 nitrogen and oxygen atoms in total. The second kappa shape index (κ2) is 17.1. The lowest BCUT2D eigenvalue weighted by atomic mass is 9.78. The number of phenols is 3. The van der Waals surface area contributed by atoms with E-state index >= 15 is 0 Å². The number of aliphatic hydroxyl groups is 2. The molecule has 0 saturated carbocycles. The third kappa shape index (κ3) is 8.26. The average molecular weight is 808 g/mol. The number of aliphatic imine (C=N–C) groups is 1. The lowest BCUT2D eigenvalue weighted by Gasteiger charge is -2.38. The molecule has 0 spiro atoms. The zero-order valence-electron chi connectivity index (χ0n) is 33.1. The minimum Gasteiger partial charge on any atom is -0.507 e. The first kappa shape index (κ1) is 42.8. The number of hydrogen-bond acceptors (Lipinski definition) is 15. The maximum absolute atomic E-state index is 14.3. The fourth-order valence-electron chi connectivity index (χ4n) is 7.27. The molecule has 1 aromatic heterocycles. The highest BCUT2D eigenvalue weighted by Gasteiger charge is 2.50. The molecule has 3 aliphatic heterocycles. The Morgan fingerprint density at radius 1 is 1.00 bits per heavy atom. The molecule has 0 aliphatic carbocycles.